The van der Waals surface area contributed by atoms with Gasteiger partial charge in [0, 0.05) is 5.69 Å². The van der Waals surface area contributed by atoms with E-state index in [0.29, 0.717) is 0 Å². The molecule has 0 bridgehead atoms. The van der Waals surface area contributed by atoms with Crippen molar-refractivity contribution in [2.24, 2.45) is 5.10 Å². The Morgan fingerprint density at radius 2 is 2.06 bits per heavy atom. The van der Waals surface area contributed by atoms with Crippen LogP contribution >= 0.6 is 15.9 Å². The van der Waals surface area contributed by atoms with Crippen molar-refractivity contribution in [2.75, 3.05) is 0 Å². The fourth-order valence-electron chi connectivity index (χ4n) is 1.77. The molecule has 1 aromatic rings. The van der Waals surface area contributed by atoms with Crippen LogP contribution in [-0.4, -0.2) is 15.5 Å². The SMILES string of the molecule is CCC1=N[N]C(CC)=C1n1nc(Br)cc1C. The van der Waals surface area contributed by atoms with Crippen molar-refractivity contribution < 1.29 is 0 Å². The van der Waals surface area contributed by atoms with Crippen molar-refractivity contribution >= 4 is 27.3 Å². The van der Waals surface area contributed by atoms with E-state index < -0.39 is 0 Å². The Bertz CT molecular complexity index is 470. The van der Waals surface area contributed by atoms with Crippen molar-refractivity contribution in [1.82, 2.24) is 15.2 Å². The molecule has 2 heterocycles. The molecule has 85 valence electrons. The number of hydrogen-bond acceptors (Lipinski definition) is 2. The molecule has 0 aliphatic carbocycles. The maximum atomic E-state index is 4.42. The average Bonchev–Trinajstić information content (AvgIpc) is 2.80. The maximum Gasteiger partial charge on any atom is 0.128 e. The van der Waals surface area contributed by atoms with Gasteiger partial charge in [-0.1, -0.05) is 13.8 Å². The van der Waals surface area contributed by atoms with Crippen LogP contribution in [0.15, 0.2) is 21.5 Å². The lowest BCUT2D eigenvalue weighted by atomic mass is 10.1. The van der Waals surface area contributed by atoms with Crippen LogP contribution in [0.3, 0.4) is 0 Å². The molecule has 1 aliphatic heterocycles. The lowest BCUT2D eigenvalue weighted by molar-refractivity contribution is 0.810. The van der Waals surface area contributed by atoms with Gasteiger partial charge in [-0.15, -0.1) is 0 Å². The summed E-state index contributed by atoms with van der Waals surface area (Å²) < 4.78 is 2.76. The number of nitrogens with zero attached hydrogens (tertiary/aromatic N) is 4. The van der Waals surface area contributed by atoms with Gasteiger partial charge in [-0.2, -0.15) is 15.6 Å². The van der Waals surface area contributed by atoms with E-state index in [-0.39, 0.29) is 0 Å². The molecule has 0 unspecified atom stereocenters. The van der Waals surface area contributed by atoms with Gasteiger partial charge in [0.25, 0.3) is 0 Å². The van der Waals surface area contributed by atoms with Gasteiger partial charge in [0.15, 0.2) is 0 Å². The fourth-order valence-corrected chi connectivity index (χ4v) is 2.26. The first-order valence-electron chi connectivity index (χ1n) is 5.41. The summed E-state index contributed by atoms with van der Waals surface area (Å²) in [6.45, 7) is 6.20. The Hall–Kier alpha value is -1.10. The standard InChI is InChI=1S/C11H14BrN4/c1-4-8-11(9(5-2)14-13-8)16-7(3)6-10(12)15-16/h6H,4-5H2,1-3H3. The van der Waals surface area contributed by atoms with Crippen LogP contribution < -0.4 is 5.43 Å². The summed E-state index contributed by atoms with van der Waals surface area (Å²) in [6.07, 6.45) is 1.75. The molecule has 1 aliphatic rings. The normalized spacial score (nSPS) is 15.4. The van der Waals surface area contributed by atoms with E-state index in [9.17, 15) is 0 Å². The number of aryl methyl sites for hydroxylation is 1. The van der Waals surface area contributed by atoms with Crippen molar-refractivity contribution in [3.63, 3.8) is 0 Å². The number of rotatable bonds is 3. The first-order valence-corrected chi connectivity index (χ1v) is 6.20. The van der Waals surface area contributed by atoms with Gasteiger partial charge in [-0.05, 0) is 41.8 Å². The van der Waals surface area contributed by atoms with Crippen LogP contribution in [0, 0.1) is 6.92 Å². The first kappa shape index (κ1) is 11.4. The molecule has 2 rings (SSSR count). The van der Waals surface area contributed by atoms with E-state index in [1.165, 1.54) is 0 Å². The summed E-state index contributed by atoms with van der Waals surface area (Å²) in [6, 6.07) is 1.99. The average molecular weight is 282 g/mol. The van der Waals surface area contributed by atoms with E-state index in [4.69, 9.17) is 0 Å². The molecule has 0 saturated heterocycles. The van der Waals surface area contributed by atoms with Crippen LogP contribution in [0.2, 0.25) is 0 Å². The summed E-state index contributed by atoms with van der Waals surface area (Å²) in [5.74, 6) is 0. The largest absolute Gasteiger partial charge is 0.233 e. The number of hydrogen-bond donors (Lipinski definition) is 0. The van der Waals surface area contributed by atoms with Crippen LogP contribution in [0.5, 0.6) is 0 Å². The van der Waals surface area contributed by atoms with Crippen LogP contribution in [0.4, 0.5) is 0 Å². The minimum Gasteiger partial charge on any atom is -0.233 e. The number of allylic oxidation sites excluding steroid dienone is 2. The predicted octanol–water partition coefficient (Wildman–Crippen LogP) is 2.92. The van der Waals surface area contributed by atoms with Crippen LogP contribution in [0.1, 0.15) is 32.4 Å². The number of halogens is 1. The highest BCUT2D eigenvalue weighted by molar-refractivity contribution is 9.10. The number of aromatic nitrogens is 2. The van der Waals surface area contributed by atoms with E-state index >= 15 is 0 Å². The van der Waals surface area contributed by atoms with Gasteiger partial charge in [-0.3, -0.25) is 0 Å². The van der Waals surface area contributed by atoms with Crippen molar-refractivity contribution in [1.29, 1.82) is 0 Å². The molecule has 1 aromatic heterocycles. The van der Waals surface area contributed by atoms with Gasteiger partial charge in [0.05, 0.1) is 11.4 Å². The Morgan fingerprint density at radius 1 is 1.31 bits per heavy atom. The van der Waals surface area contributed by atoms with Crippen LogP contribution in [0.25, 0.3) is 5.70 Å². The molecule has 0 aromatic carbocycles. The van der Waals surface area contributed by atoms with Gasteiger partial charge in [-0.25, -0.2) is 4.68 Å². The molecular formula is C11H14BrN4. The minimum absolute atomic E-state index is 0.843. The van der Waals surface area contributed by atoms with E-state index in [0.717, 1.165) is 40.2 Å². The quantitative estimate of drug-likeness (QED) is 0.840. The molecule has 1 radical (unpaired) electrons. The second-order valence-corrected chi connectivity index (χ2v) is 4.48. The molecule has 0 atom stereocenters. The van der Waals surface area contributed by atoms with Crippen molar-refractivity contribution in [3.05, 3.63) is 22.1 Å². The summed E-state index contributed by atoms with van der Waals surface area (Å²) in [7, 11) is 0. The van der Waals surface area contributed by atoms with Crippen molar-refractivity contribution in [3.8, 4) is 0 Å². The van der Waals surface area contributed by atoms with Gasteiger partial charge in [0.2, 0.25) is 0 Å². The zero-order valence-corrected chi connectivity index (χ0v) is 11.2. The monoisotopic (exact) mass is 281 g/mol. The Kier molecular flexibility index (Phi) is 3.14. The van der Waals surface area contributed by atoms with E-state index in [1.54, 1.807) is 0 Å². The van der Waals surface area contributed by atoms with Gasteiger partial charge in [0.1, 0.15) is 10.3 Å². The second-order valence-electron chi connectivity index (χ2n) is 3.67. The van der Waals surface area contributed by atoms with Crippen LogP contribution in [-0.2, 0) is 0 Å². The molecule has 0 N–H and O–H groups in total. The zero-order chi connectivity index (χ0) is 11.7. The minimum atomic E-state index is 0.843. The third-order valence-electron chi connectivity index (χ3n) is 2.58. The molecule has 0 fully saturated rings. The second kappa shape index (κ2) is 4.41. The summed E-state index contributed by atoms with van der Waals surface area (Å²) in [4.78, 5) is 0. The lowest BCUT2D eigenvalue weighted by Crippen LogP contribution is -2.10. The third kappa shape index (κ3) is 1.80. The highest BCUT2D eigenvalue weighted by Crippen LogP contribution is 2.24. The Balaban J connectivity index is 2.52. The first-order chi connectivity index (χ1) is 7.67. The zero-order valence-electron chi connectivity index (χ0n) is 9.66. The van der Waals surface area contributed by atoms with Gasteiger partial charge >= 0.3 is 0 Å². The Labute approximate surface area is 104 Å². The van der Waals surface area contributed by atoms with Crippen molar-refractivity contribution in [2.45, 2.75) is 33.6 Å². The summed E-state index contributed by atoms with van der Waals surface area (Å²) in [5.41, 5.74) is 8.36. The molecule has 16 heavy (non-hydrogen) atoms. The van der Waals surface area contributed by atoms with E-state index in [1.807, 2.05) is 17.7 Å². The molecule has 4 nitrogen and oxygen atoms in total. The Morgan fingerprint density at radius 3 is 2.56 bits per heavy atom. The molecular weight excluding hydrogens is 268 g/mol. The lowest BCUT2D eigenvalue weighted by Gasteiger charge is -2.08. The van der Waals surface area contributed by atoms with E-state index in [2.05, 4.69) is 45.4 Å². The van der Waals surface area contributed by atoms with Gasteiger partial charge < -0.3 is 0 Å². The summed E-state index contributed by atoms with van der Waals surface area (Å²) in [5, 5.41) is 8.63. The fraction of sp³-hybridized carbons (Fsp3) is 0.455. The highest BCUT2D eigenvalue weighted by Gasteiger charge is 2.22. The molecule has 0 amide bonds. The third-order valence-corrected chi connectivity index (χ3v) is 2.96. The topological polar surface area (TPSA) is 44.3 Å². The predicted molar refractivity (Wildman–Crippen MR) is 68.0 cm³/mol. The molecule has 0 saturated carbocycles. The highest BCUT2D eigenvalue weighted by atomic mass is 79.9. The smallest absolute Gasteiger partial charge is 0.128 e. The molecule has 5 heteroatoms. The maximum absolute atomic E-state index is 4.42. The molecule has 0 spiro atoms. The summed E-state index contributed by atoms with van der Waals surface area (Å²) >= 11 is 3.39.